The molecule has 0 unspecified atom stereocenters. The second-order valence-electron chi connectivity index (χ2n) is 9.68. The molecule has 0 atom stereocenters. The minimum absolute atomic E-state index is 0.0758. The SMILES string of the molecule is Cc1ccc2c(n1)C(C)(C)CN2C(=O)C1CCC(N(C)Cc2cccc(F)c2)CC1. The summed E-state index contributed by atoms with van der Waals surface area (Å²) in [5.74, 6) is 0.138. The maximum absolute atomic E-state index is 13.5. The number of pyridine rings is 1. The summed E-state index contributed by atoms with van der Waals surface area (Å²) in [5.41, 5.74) is 3.91. The number of amides is 1. The summed E-state index contributed by atoms with van der Waals surface area (Å²) in [7, 11) is 2.10. The number of carbonyl (C=O) groups excluding carboxylic acids is 1. The smallest absolute Gasteiger partial charge is 0.230 e. The van der Waals surface area contributed by atoms with Crippen LogP contribution in [0.2, 0.25) is 0 Å². The van der Waals surface area contributed by atoms with Gasteiger partial charge >= 0.3 is 0 Å². The van der Waals surface area contributed by atoms with Gasteiger partial charge in [-0.15, -0.1) is 0 Å². The fraction of sp³-hybridized carbons (Fsp3) is 0.520. The molecule has 1 saturated carbocycles. The second-order valence-corrected chi connectivity index (χ2v) is 9.68. The quantitative estimate of drug-likeness (QED) is 0.725. The molecule has 2 aromatic rings. The van der Waals surface area contributed by atoms with E-state index in [1.807, 2.05) is 24.0 Å². The lowest BCUT2D eigenvalue weighted by Crippen LogP contribution is -2.42. The van der Waals surface area contributed by atoms with Crippen molar-refractivity contribution in [2.45, 2.75) is 64.5 Å². The van der Waals surface area contributed by atoms with Crippen LogP contribution in [0, 0.1) is 18.7 Å². The van der Waals surface area contributed by atoms with Crippen LogP contribution in [0.4, 0.5) is 10.1 Å². The molecule has 0 N–H and O–H groups in total. The van der Waals surface area contributed by atoms with E-state index in [0.29, 0.717) is 12.6 Å². The van der Waals surface area contributed by atoms with E-state index >= 15 is 0 Å². The molecule has 1 amide bonds. The highest BCUT2D eigenvalue weighted by atomic mass is 19.1. The summed E-state index contributed by atoms with van der Waals surface area (Å²) < 4.78 is 13.5. The fourth-order valence-electron chi connectivity index (χ4n) is 5.05. The van der Waals surface area contributed by atoms with Crippen LogP contribution in [-0.4, -0.2) is 35.4 Å². The first-order chi connectivity index (χ1) is 14.2. The van der Waals surface area contributed by atoms with Crippen LogP contribution >= 0.6 is 0 Å². The van der Waals surface area contributed by atoms with Gasteiger partial charge in [0.05, 0.1) is 11.4 Å². The molecule has 1 aliphatic carbocycles. The molecule has 4 nitrogen and oxygen atoms in total. The number of carbonyl (C=O) groups is 1. The molecule has 4 rings (SSSR count). The first-order valence-electron chi connectivity index (χ1n) is 11.0. The maximum Gasteiger partial charge on any atom is 0.230 e. The van der Waals surface area contributed by atoms with Gasteiger partial charge in [0.1, 0.15) is 5.82 Å². The number of fused-ring (bicyclic) bond motifs is 1. The molecule has 30 heavy (non-hydrogen) atoms. The fourth-order valence-corrected chi connectivity index (χ4v) is 5.05. The zero-order valence-electron chi connectivity index (χ0n) is 18.5. The summed E-state index contributed by atoms with van der Waals surface area (Å²) in [6.45, 7) is 7.78. The molecule has 0 radical (unpaired) electrons. The summed E-state index contributed by atoms with van der Waals surface area (Å²) in [4.78, 5) is 22.4. The van der Waals surface area contributed by atoms with E-state index < -0.39 is 0 Å². The Bertz CT molecular complexity index is 934. The minimum Gasteiger partial charge on any atom is -0.309 e. The van der Waals surface area contributed by atoms with E-state index in [9.17, 15) is 9.18 Å². The molecular weight excluding hydrogens is 377 g/mol. The van der Waals surface area contributed by atoms with E-state index in [1.165, 1.54) is 6.07 Å². The van der Waals surface area contributed by atoms with Gasteiger partial charge in [-0.05, 0) is 69.5 Å². The monoisotopic (exact) mass is 409 g/mol. The van der Waals surface area contributed by atoms with Gasteiger partial charge in [0.2, 0.25) is 5.91 Å². The number of hydrogen-bond acceptors (Lipinski definition) is 3. The Morgan fingerprint density at radius 2 is 1.93 bits per heavy atom. The van der Waals surface area contributed by atoms with Crippen LogP contribution < -0.4 is 4.90 Å². The highest BCUT2D eigenvalue weighted by Gasteiger charge is 2.42. The van der Waals surface area contributed by atoms with E-state index in [4.69, 9.17) is 4.98 Å². The number of rotatable bonds is 4. The predicted octanol–water partition coefficient (Wildman–Crippen LogP) is 4.84. The minimum atomic E-state index is -0.186. The van der Waals surface area contributed by atoms with Gasteiger partial charge in [-0.1, -0.05) is 26.0 Å². The van der Waals surface area contributed by atoms with Crippen LogP contribution in [0.25, 0.3) is 0 Å². The first kappa shape index (κ1) is 21.0. The number of aryl methyl sites for hydroxylation is 1. The van der Waals surface area contributed by atoms with E-state index in [0.717, 1.165) is 54.9 Å². The molecule has 0 bridgehead atoms. The Kier molecular flexibility index (Phi) is 5.67. The number of hydrogen-bond donors (Lipinski definition) is 0. The Hall–Kier alpha value is -2.27. The standard InChI is InChI=1S/C25H32FN3O/c1-17-8-13-22-23(27-17)25(2,3)16-29(22)24(30)19-9-11-21(12-10-19)28(4)15-18-6-5-7-20(26)14-18/h5-8,13-14,19,21H,9-12,15-16H2,1-4H3. The molecule has 2 heterocycles. The zero-order valence-corrected chi connectivity index (χ0v) is 18.5. The van der Waals surface area contributed by atoms with Crippen molar-refractivity contribution in [1.82, 2.24) is 9.88 Å². The average molecular weight is 410 g/mol. The molecule has 160 valence electrons. The third kappa shape index (κ3) is 4.13. The van der Waals surface area contributed by atoms with Gasteiger partial charge in [-0.2, -0.15) is 0 Å². The molecule has 2 aliphatic rings. The number of nitrogens with zero attached hydrogens (tertiary/aromatic N) is 3. The highest BCUT2D eigenvalue weighted by molar-refractivity contribution is 5.97. The van der Waals surface area contributed by atoms with Crippen LogP contribution in [0.1, 0.15) is 56.5 Å². The lowest BCUT2D eigenvalue weighted by atomic mass is 9.84. The van der Waals surface area contributed by atoms with Gasteiger partial charge < -0.3 is 4.90 Å². The van der Waals surface area contributed by atoms with Gasteiger partial charge in [0.15, 0.2) is 0 Å². The average Bonchev–Trinajstić information content (AvgIpc) is 2.98. The predicted molar refractivity (Wildman–Crippen MR) is 118 cm³/mol. The van der Waals surface area contributed by atoms with Crippen LogP contribution in [0.3, 0.4) is 0 Å². The molecular formula is C25H32FN3O. The Morgan fingerprint density at radius 3 is 2.63 bits per heavy atom. The van der Waals surface area contributed by atoms with Crippen LogP contribution in [-0.2, 0) is 16.8 Å². The van der Waals surface area contributed by atoms with Crippen LogP contribution in [0.15, 0.2) is 36.4 Å². The van der Waals surface area contributed by atoms with E-state index in [2.05, 4.69) is 31.9 Å². The normalized spacial score (nSPS) is 22.9. The van der Waals surface area contributed by atoms with Gasteiger partial charge in [-0.3, -0.25) is 14.7 Å². The number of anilines is 1. The third-order valence-corrected chi connectivity index (χ3v) is 6.75. The molecule has 1 aliphatic heterocycles. The highest BCUT2D eigenvalue weighted by Crippen LogP contribution is 2.41. The van der Waals surface area contributed by atoms with Crippen molar-refractivity contribution < 1.29 is 9.18 Å². The van der Waals surface area contributed by atoms with Crippen molar-refractivity contribution in [3.63, 3.8) is 0 Å². The Morgan fingerprint density at radius 1 is 1.20 bits per heavy atom. The summed E-state index contributed by atoms with van der Waals surface area (Å²) >= 11 is 0. The lowest BCUT2D eigenvalue weighted by Gasteiger charge is -2.35. The van der Waals surface area contributed by atoms with Gasteiger partial charge in [0, 0.05) is 36.2 Å². The number of halogens is 1. The van der Waals surface area contributed by atoms with Gasteiger partial charge in [-0.25, -0.2) is 4.39 Å². The van der Waals surface area contributed by atoms with Crippen molar-refractivity contribution in [3.8, 4) is 0 Å². The largest absolute Gasteiger partial charge is 0.309 e. The molecule has 1 fully saturated rings. The summed E-state index contributed by atoms with van der Waals surface area (Å²) in [6, 6.07) is 11.3. The number of benzene rings is 1. The Balaban J connectivity index is 1.38. The summed E-state index contributed by atoms with van der Waals surface area (Å²) in [6.07, 6.45) is 3.81. The van der Waals surface area contributed by atoms with Crippen molar-refractivity contribution in [2.75, 3.05) is 18.5 Å². The molecule has 5 heteroatoms. The summed E-state index contributed by atoms with van der Waals surface area (Å²) in [5, 5.41) is 0. The Labute approximate surface area is 179 Å². The molecule has 0 spiro atoms. The van der Waals surface area contributed by atoms with E-state index in [-0.39, 0.29) is 23.1 Å². The first-order valence-corrected chi connectivity index (χ1v) is 11.0. The third-order valence-electron chi connectivity index (χ3n) is 6.75. The van der Waals surface area contributed by atoms with Crippen molar-refractivity contribution in [3.05, 3.63) is 59.2 Å². The van der Waals surface area contributed by atoms with Crippen molar-refractivity contribution in [2.24, 2.45) is 5.92 Å². The second kappa shape index (κ2) is 8.10. The number of aromatic nitrogens is 1. The van der Waals surface area contributed by atoms with Gasteiger partial charge in [0.25, 0.3) is 0 Å². The van der Waals surface area contributed by atoms with Crippen LogP contribution in [0.5, 0.6) is 0 Å². The molecule has 1 aromatic carbocycles. The zero-order chi connectivity index (χ0) is 21.5. The topological polar surface area (TPSA) is 36.4 Å². The van der Waals surface area contributed by atoms with E-state index in [1.54, 1.807) is 12.1 Å². The lowest BCUT2D eigenvalue weighted by molar-refractivity contribution is -0.123. The van der Waals surface area contributed by atoms with Crippen molar-refractivity contribution in [1.29, 1.82) is 0 Å². The maximum atomic E-state index is 13.5. The molecule has 0 saturated heterocycles. The molecule has 1 aromatic heterocycles. The van der Waals surface area contributed by atoms with Crippen molar-refractivity contribution >= 4 is 11.6 Å².